The van der Waals surface area contributed by atoms with Crippen LogP contribution < -0.4 is 10.6 Å². The Bertz CT molecular complexity index is 922. The lowest BCUT2D eigenvalue weighted by molar-refractivity contribution is -0.143. The first kappa shape index (κ1) is 28.8. The Kier molecular flexibility index (Phi) is 11.5. The van der Waals surface area contributed by atoms with Gasteiger partial charge < -0.3 is 20.1 Å². The van der Waals surface area contributed by atoms with E-state index >= 15 is 0 Å². The SMILES string of the molecule is C#CN(C(=O)C(CS)NC(=O)OC(C)(C)C)C(C(=O)NCCC(=O)OCC)c1cccc(C)c1. The number of nitrogens with one attached hydrogen (secondary N) is 2. The second-order valence-corrected chi connectivity index (χ2v) is 8.75. The topological polar surface area (TPSA) is 114 Å². The molecule has 10 heteroatoms. The van der Waals surface area contributed by atoms with E-state index in [2.05, 4.69) is 29.3 Å². The summed E-state index contributed by atoms with van der Waals surface area (Å²) in [5.74, 6) is -1.84. The minimum absolute atomic E-state index is 0.00125. The van der Waals surface area contributed by atoms with Gasteiger partial charge in [0.25, 0.3) is 5.91 Å². The number of carbonyl (C=O) groups is 4. The highest BCUT2D eigenvalue weighted by Gasteiger charge is 2.35. The van der Waals surface area contributed by atoms with Crippen molar-refractivity contribution < 1.29 is 28.7 Å². The van der Waals surface area contributed by atoms with Crippen LogP contribution in [0.25, 0.3) is 0 Å². The van der Waals surface area contributed by atoms with E-state index in [4.69, 9.17) is 15.9 Å². The van der Waals surface area contributed by atoms with Gasteiger partial charge in [-0.3, -0.25) is 19.3 Å². The molecule has 2 N–H and O–H groups in total. The quantitative estimate of drug-likeness (QED) is 0.200. The molecule has 0 aliphatic carbocycles. The lowest BCUT2D eigenvalue weighted by atomic mass is 10.0. The van der Waals surface area contributed by atoms with Crippen molar-refractivity contribution in [1.29, 1.82) is 0 Å². The first-order valence-electron chi connectivity index (χ1n) is 10.8. The third kappa shape index (κ3) is 9.35. The van der Waals surface area contributed by atoms with Gasteiger partial charge in [-0.15, -0.1) is 0 Å². The number of alkyl carbamates (subject to hydrolysis) is 1. The Balaban J connectivity index is 3.17. The molecule has 0 spiro atoms. The van der Waals surface area contributed by atoms with E-state index in [0.717, 1.165) is 10.5 Å². The number of nitrogens with zero attached hydrogens (tertiary/aromatic N) is 1. The van der Waals surface area contributed by atoms with Gasteiger partial charge in [0.15, 0.2) is 0 Å². The second kappa shape index (κ2) is 13.5. The fraction of sp³-hybridized carbons (Fsp3) is 0.500. The summed E-state index contributed by atoms with van der Waals surface area (Å²) in [4.78, 5) is 51.1. The Labute approximate surface area is 206 Å². The molecule has 0 radical (unpaired) electrons. The minimum Gasteiger partial charge on any atom is -0.466 e. The van der Waals surface area contributed by atoms with Crippen LogP contribution in [0.15, 0.2) is 24.3 Å². The summed E-state index contributed by atoms with van der Waals surface area (Å²) in [6.07, 6.45) is 4.81. The van der Waals surface area contributed by atoms with E-state index in [1.54, 1.807) is 45.9 Å². The number of rotatable bonds is 10. The second-order valence-electron chi connectivity index (χ2n) is 8.38. The largest absolute Gasteiger partial charge is 0.466 e. The fourth-order valence-corrected chi connectivity index (χ4v) is 3.19. The predicted molar refractivity (Wildman–Crippen MR) is 131 cm³/mol. The molecule has 1 aromatic rings. The lowest BCUT2D eigenvalue weighted by Gasteiger charge is -2.30. The van der Waals surface area contributed by atoms with E-state index in [-0.39, 0.29) is 25.3 Å². The van der Waals surface area contributed by atoms with Crippen molar-refractivity contribution >= 4 is 36.5 Å². The molecule has 186 valence electrons. The zero-order valence-electron chi connectivity index (χ0n) is 20.2. The Morgan fingerprint density at radius 1 is 1.24 bits per heavy atom. The van der Waals surface area contributed by atoms with E-state index in [1.165, 1.54) is 0 Å². The molecule has 0 saturated carbocycles. The van der Waals surface area contributed by atoms with Crippen LogP contribution in [0.3, 0.4) is 0 Å². The number of thiol groups is 1. The van der Waals surface area contributed by atoms with Gasteiger partial charge >= 0.3 is 12.1 Å². The Morgan fingerprint density at radius 2 is 1.91 bits per heavy atom. The number of esters is 1. The highest BCUT2D eigenvalue weighted by molar-refractivity contribution is 7.80. The Hall–Kier alpha value is -3.19. The molecular formula is C24H33N3O6S. The smallest absolute Gasteiger partial charge is 0.408 e. The maximum absolute atomic E-state index is 13.3. The minimum atomic E-state index is -1.21. The molecule has 34 heavy (non-hydrogen) atoms. The number of ether oxygens (including phenoxy) is 2. The van der Waals surface area contributed by atoms with Crippen LogP contribution >= 0.6 is 12.6 Å². The molecule has 2 atom stereocenters. The summed E-state index contributed by atoms with van der Waals surface area (Å²) in [7, 11) is 0. The molecule has 9 nitrogen and oxygen atoms in total. The van der Waals surface area contributed by atoms with Gasteiger partial charge in [0.05, 0.1) is 13.0 Å². The van der Waals surface area contributed by atoms with Crippen molar-refractivity contribution in [1.82, 2.24) is 15.5 Å². The first-order valence-corrected chi connectivity index (χ1v) is 11.5. The normalized spacial score (nSPS) is 12.5. The standard InChI is InChI=1S/C24H33N3O6S/c1-7-27(22(30)18(15-34)26-23(31)33-24(4,5)6)20(17-11-9-10-16(3)14-17)21(29)25-13-12-19(28)32-8-2/h1,9-11,14,18,20,34H,8,12-13,15H2,2-6H3,(H,25,29)(H,26,31). The number of terminal acetylenes is 1. The number of hydrogen-bond acceptors (Lipinski definition) is 7. The maximum atomic E-state index is 13.3. The summed E-state index contributed by atoms with van der Waals surface area (Å²) in [5, 5.41) is 5.08. The summed E-state index contributed by atoms with van der Waals surface area (Å²) in [5.41, 5.74) is 0.544. The summed E-state index contributed by atoms with van der Waals surface area (Å²) in [6, 6.07) is 6.87. The summed E-state index contributed by atoms with van der Waals surface area (Å²) >= 11 is 4.16. The molecule has 3 amide bonds. The lowest BCUT2D eigenvalue weighted by Crippen LogP contribution is -2.52. The molecule has 0 fully saturated rings. The van der Waals surface area contributed by atoms with E-state index in [0.29, 0.717) is 5.56 Å². The van der Waals surface area contributed by atoms with Crippen LogP contribution in [0.5, 0.6) is 0 Å². The van der Waals surface area contributed by atoms with Crippen molar-refractivity contribution in [3.8, 4) is 12.5 Å². The van der Waals surface area contributed by atoms with Crippen LogP contribution in [0.2, 0.25) is 0 Å². The molecule has 1 aromatic carbocycles. The van der Waals surface area contributed by atoms with Crippen molar-refractivity contribution in [2.75, 3.05) is 18.9 Å². The van der Waals surface area contributed by atoms with Gasteiger partial charge in [0.2, 0.25) is 5.91 Å². The first-order chi connectivity index (χ1) is 15.9. The maximum Gasteiger partial charge on any atom is 0.408 e. The number of amides is 3. The van der Waals surface area contributed by atoms with Gasteiger partial charge in [-0.25, -0.2) is 4.79 Å². The van der Waals surface area contributed by atoms with Crippen molar-refractivity contribution in [3.63, 3.8) is 0 Å². The molecule has 0 aromatic heterocycles. The average Bonchev–Trinajstić information content (AvgIpc) is 2.74. The molecule has 0 bridgehead atoms. The molecule has 2 unspecified atom stereocenters. The average molecular weight is 492 g/mol. The number of benzene rings is 1. The van der Waals surface area contributed by atoms with Crippen LogP contribution in [0.1, 0.15) is 51.3 Å². The predicted octanol–water partition coefficient (Wildman–Crippen LogP) is 2.35. The van der Waals surface area contributed by atoms with Gasteiger partial charge in [0.1, 0.15) is 17.7 Å². The zero-order chi connectivity index (χ0) is 25.9. The summed E-state index contributed by atoms with van der Waals surface area (Å²) < 4.78 is 10.1. The van der Waals surface area contributed by atoms with Crippen molar-refractivity contribution in [2.45, 2.75) is 58.7 Å². The van der Waals surface area contributed by atoms with Crippen molar-refractivity contribution in [3.05, 3.63) is 35.4 Å². The zero-order valence-corrected chi connectivity index (χ0v) is 21.1. The fourth-order valence-electron chi connectivity index (χ4n) is 2.94. The van der Waals surface area contributed by atoms with Crippen LogP contribution in [-0.2, 0) is 23.9 Å². The third-order valence-electron chi connectivity index (χ3n) is 4.35. The van der Waals surface area contributed by atoms with Crippen LogP contribution in [0, 0.1) is 19.4 Å². The Morgan fingerprint density at radius 3 is 2.44 bits per heavy atom. The highest BCUT2D eigenvalue weighted by Crippen LogP contribution is 2.23. The molecule has 0 heterocycles. The van der Waals surface area contributed by atoms with E-state index < -0.39 is 41.6 Å². The number of hydrogen-bond donors (Lipinski definition) is 3. The van der Waals surface area contributed by atoms with Gasteiger partial charge in [-0.2, -0.15) is 12.6 Å². The van der Waals surface area contributed by atoms with Crippen LogP contribution in [-0.4, -0.2) is 59.3 Å². The van der Waals surface area contributed by atoms with E-state index in [9.17, 15) is 19.2 Å². The number of aryl methyl sites for hydroxylation is 1. The third-order valence-corrected chi connectivity index (χ3v) is 4.71. The van der Waals surface area contributed by atoms with Gasteiger partial charge in [0, 0.05) is 18.3 Å². The highest BCUT2D eigenvalue weighted by atomic mass is 32.1. The monoisotopic (exact) mass is 491 g/mol. The summed E-state index contributed by atoms with van der Waals surface area (Å²) in [6.45, 7) is 8.81. The van der Waals surface area contributed by atoms with Gasteiger partial charge in [-0.05, 0) is 40.2 Å². The van der Waals surface area contributed by atoms with Gasteiger partial charge in [-0.1, -0.05) is 36.3 Å². The molecule has 0 saturated heterocycles. The van der Waals surface area contributed by atoms with Crippen molar-refractivity contribution in [2.24, 2.45) is 0 Å². The molecule has 1 rings (SSSR count). The molecular weight excluding hydrogens is 458 g/mol. The van der Waals surface area contributed by atoms with E-state index in [1.807, 2.05) is 13.0 Å². The molecule has 0 aliphatic rings. The number of carbonyl (C=O) groups excluding carboxylic acids is 4. The molecule has 0 aliphatic heterocycles. The van der Waals surface area contributed by atoms with Crippen LogP contribution in [0.4, 0.5) is 4.79 Å².